The molecule has 17 heavy (non-hydrogen) atoms. The first-order chi connectivity index (χ1) is 7.79. The molecular weight excluding hydrogens is 242 g/mol. The van der Waals surface area contributed by atoms with E-state index in [1.165, 1.54) is 0 Å². The lowest BCUT2D eigenvalue weighted by atomic mass is 9.97. The van der Waals surface area contributed by atoms with Gasteiger partial charge >= 0.3 is 6.18 Å². The molecule has 96 valence electrons. The number of benzene rings is 1. The second kappa shape index (κ2) is 4.89. The van der Waals surface area contributed by atoms with Crippen molar-refractivity contribution >= 4 is 0 Å². The summed E-state index contributed by atoms with van der Waals surface area (Å²) < 4.78 is 50.8. The van der Waals surface area contributed by atoms with Gasteiger partial charge < -0.3 is 15.9 Å². The third-order valence-electron chi connectivity index (χ3n) is 2.28. The van der Waals surface area contributed by atoms with Gasteiger partial charge in [-0.25, -0.2) is 4.39 Å². The highest BCUT2D eigenvalue weighted by molar-refractivity contribution is 5.44. The van der Waals surface area contributed by atoms with Crippen LogP contribution in [0, 0.1) is 5.82 Å². The average Bonchev–Trinajstić information content (AvgIpc) is 2.20. The van der Waals surface area contributed by atoms with Gasteiger partial charge in [0.15, 0.2) is 11.6 Å². The second-order valence-corrected chi connectivity index (χ2v) is 3.47. The quantitative estimate of drug-likeness (QED) is 0.721. The standard InChI is InChI=1S/C10H11F4NO2/c11-6-2-1-5(10(12,13)14)8(9(6)17)7(15)3-4-16/h1-2,7,16-17H,3-4,15H2/t7-/m0/s1. The van der Waals surface area contributed by atoms with Gasteiger partial charge in [-0.2, -0.15) is 13.2 Å². The molecule has 0 radical (unpaired) electrons. The topological polar surface area (TPSA) is 66.5 Å². The minimum atomic E-state index is -4.74. The molecule has 0 saturated carbocycles. The van der Waals surface area contributed by atoms with E-state index in [0.717, 1.165) is 0 Å². The van der Waals surface area contributed by atoms with Gasteiger partial charge in [-0.05, 0) is 18.6 Å². The minimum absolute atomic E-state index is 0.208. The molecule has 1 aromatic carbocycles. The Hall–Kier alpha value is -1.34. The first-order valence-corrected chi connectivity index (χ1v) is 4.74. The van der Waals surface area contributed by atoms with Crippen LogP contribution >= 0.6 is 0 Å². The maximum Gasteiger partial charge on any atom is 0.416 e. The zero-order chi connectivity index (χ0) is 13.2. The first kappa shape index (κ1) is 13.7. The number of halogens is 4. The second-order valence-electron chi connectivity index (χ2n) is 3.47. The van der Waals surface area contributed by atoms with Crippen LogP contribution in [0.3, 0.4) is 0 Å². The third-order valence-corrected chi connectivity index (χ3v) is 2.28. The van der Waals surface area contributed by atoms with E-state index in [9.17, 15) is 22.7 Å². The Balaban J connectivity index is 3.36. The predicted octanol–water partition coefficient (Wildman–Crippen LogP) is 1.93. The van der Waals surface area contributed by atoms with Crippen LogP contribution in [0.1, 0.15) is 23.6 Å². The van der Waals surface area contributed by atoms with Gasteiger partial charge in [0.05, 0.1) is 5.56 Å². The number of phenols is 1. The number of rotatable bonds is 3. The van der Waals surface area contributed by atoms with Crippen molar-refractivity contribution < 1.29 is 27.8 Å². The van der Waals surface area contributed by atoms with Crippen LogP contribution in [-0.2, 0) is 6.18 Å². The van der Waals surface area contributed by atoms with E-state index in [4.69, 9.17) is 10.8 Å². The molecule has 1 aromatic rings. The van der Waals surface area contributed by atoms with Crippen molar-refractivity contribution in [1.82, 2.24) is 0 Å². The molecule has 1 rings (SSSR count). The molecule has 7 heteroatoms. The maximum absolute atomic E-state index is 13.0. The van der Waals surface area contributed by atoms with Crippen LogP contribution in [0.2, 0.25) is 0 Å². The Bertz CT molecular complexity index is 406. The van der Waals surface area contributed by atoms with Crippen LogP contribution < -0.4 is 5.73 Å². The lowest BCUT2D eigenvalue weighted by molar-refractivity contribution is -0.138. The Morgan fingerprint density at radius 3 is 2.35 bits per heavy atom. The summed E-state index contributed by atoms with van der Waals surface area (Å²) in [6, 6.07) is -0.248. The summed E-state index contributed by atoms with van der Waals surface area (Å²) >= 11 is 0. The summed E-state index contributed by atoms with van der Waals surface area (Å²) in [5.74, 6) is -2.30. The monoisotopic (exact) mass is 253 g/mol. The fraction of sp³-hybridized carbons (Fsp3) is 0.400. The van der Waals surface area contributed by atoms with E-state index in [-0.39, 0.29) is 6.42 Å². The van der Waals surface area contributed by atoms with Crippen LogP contribution in [0.15, 0.2) is 12.1 Å². The molecule has 0 aliphatic carbocycles. The fourth-order valence-corrected chi connectivity index (χ4v) is 1.49. The zero-order valence-corrected chi connectivity index (χ0v) is 8.63. The summed E-state index contributed by atoms with van der Waals surface area (Å²) in [5, 5.41) is 17.9. The van der Waals surface area contributed by atoms with Crippen molar-refractivity contribution in [2.75, 3.05) is 6.61 Å². The summed E-state index contributed by atoms with van der Waals surface area (Å²) in [7, 11) is 0. The number of hydrogen-bond acceptors (Lipinski definition) is 3. The van der Waals surface area contributed by atoms with Gasteiger partial charge in [-0.3, -0.25) is 0 Å². The van der Waals surface area contributed by atoms with Crippen molar-refractivity contribution in [1.29, 1.82) is 0 Å². The van der Waals surface area contributed by atoms with Gasteiger partial charge in [-0.1, -0.05) is 0 Å². The van der Waals surface area contributed by atoms with Gasteiger partial charge in [0.1, 0.15) is 0 Å². The number of hydrogen-bond donors (Lipinski definition) is 3. The number of aromatic hydroxyl groups is 1. The Kier molecular flexibility index (Phi) is 3.94. The molecule has 4 N–H and O–H groups in total. The predicted molar refractivity (Wildman–Crippen MR) is 51.7 cm³/mol. The number of alkyl halides is 3. The van der Waals surface area contributed by atoms with Crippen molar-refractivity contribution in [3.63, 3.8) is 0 Å². The van der Waals surface area contributed by atoms with E-state index in [0.29, 0.717) is 12.1 Å². The molecule has 3 nitrogen and oxygen atoms in total. The number of aliphatic hydroxyl groups excluding tert-OH is 1. The summed E-state index contributed by atoms with van der Waals surface area (Å²) in [4.78, 5) is 0. The van der Waals surface area contributed by atoms with Crippen molar-refractivity contribution in [2.45, 2.75) is 18.6 Å². The normalized spacial score (nSPS) is 13.8. The molecule has 0 aromatic heterocycles. The first-order valence-electron chi connectivity index (χ1n) is 4.74. The molecule has 0 aliphatic rings. The highest BCUT2D eigenvalue weighted by Crippen LogP contribution is 2.40. The van der Waals surface area contributed by atoms with Gasteiger partial charge in [-0.15, -0.1) is 0 Å². The van der Waals surface area contributed by atoms with Crippen LogP contribution in [0.25, 0.3) is 0 Å². The molecule has 0 heterocycles. The molecule has 0 amide bonds. The van der Waals surface area contributed by atoms with Crippen molar-refractivity contribution in [3.05, 3.63) is 29.1 Å². The van der Waals surface area contributed by atoms with E-state index < -0.39 is 41.5 Å². The van der Waals surface area contributed by atoms with Crippen LogP contribution in [0.5, 0.6) is 5.75 Å². The maximum atomic E-state index is 13.0. The summed E-state index contributed by atoms with van der Waals surface area (Å²) in [6.45, 7) is -0.464. The largest absolute Gasteiger partial charge is 0.505 e. The number of phenolic OH excluding ortho intramolecular Hbond substituents is 1. The van der Waals surface area contributed by atoms with Crippen LogP contribution in [0.4, 0.5) is 17.6 Å². The van der Waals surface area contributed by atoms with Gasteiger partial charge in [0.25, 0.3) is 0 Å². The van der Waals surface area contributed by atoms with Crippen molar-refractivity contribution in [2.24, 2.45) is 5.73 Å². The molecule has 0 spiro atoms. The molecule has 0 saturated heterocycles. The van der Waals surface area contributed by atoms with Gasteiger partial charge in [0, 0.05) is 18.2 Å². The Morgan fingerprint density at radius 2 is 1.88 bits per heavy atom. The molecule has 1 atom stereocenters. The SMILES string of the molecule is N[C@@H](CCO)c1c(C(F)(F)F)ccc(F)c1O. The van der Waals surface area contributed by atoms with E-state index in [1.54, 1.807) is 0 Å². The fourth-order valence-electron chi connectivity index (χ4n) is 1.49. The van der Waals surface area contributed by atoms with Gasteiger partial charge in [0.2, 0.25) is 0 Å². The molecular formula is C10H11F4NO2. The Labute approximate surface area is 94.5 Å². The van der Waals surface area contributed by atoms with Crippen molar-refractivity contribution in [3.8, 4) is 5.75 Å². The summed E-state index contributed by atoms with van der Waals surface area (Å²) in [6.07, 6.45) is -4.95. The zero-order valence-electron chi connectivity index (χ0n) is 8.63. The summed E-state index contributed by atoms with van der Waals surface area (Å²) in [5.41, 5.74) is 3.46. The number of aliphatic hydroxyl groups is 1. The smallest absolute Gasteiger partial charge is 0.416 e. The van der Waals surface area contributed by atoms with Crippen LogP contribution in [-0.4, -0.2) is 16.8 Å². The lowest BCUT2D eigenvalue weighted by Gasteiger charge is -2.19. The highest BCUT2D eigenvalue weighted by atomic mass is 19.4. The number of nitrogens with two attached hydrogens (primary N) is 1. The minimum Gasteiger partial charge on any atom is -0.505 e. The molecule has 0 fully saturated rings. The lowest BCUT2D eigenvalue weighted by Crippen LogP contribution is -2.19. The van der Waals surface area contributed by atoms with E-state index in [2.05, 4.69) is 0 Å². The Morgan fingerprint density at radius 1 is 1.29 bits per heavy atom. The highest BCUT2D eigenvalue weighted by Gasteiger charge is 2.36. The van der Waals surface area contributed by atoms with E-state index >= 15 is 0 Å². The van der Waals surface area contributed by atoms with E-state index in [1.807, 2.05) is 0 Å². The molecule has 0 unspecified atom stereocenters. The molecule has 0 aliphatic heterocycles. The average molecular weight is 253 g/mol. The third kappa shape index (κ3) is 2.86. The molecule has 0 bridgehead atoms.